The van der Waals surface area contributed by atoms with Crippen molar-refractivity contribution in [2.45, 2.75) is 52.7 Å². The van der Waals surface area contributed by atoms with E-state index in [1.54, 1.807) is 21.6 Å². The molecular formula is C26H31N3O4. The van der Waals surface area contributed by atoms with Crippen molar-refractivity contribution >= 4 is 17.0 Å². The third kappa shape index (κ3) is 5.02. The summed E-state index contributed by atoms with van der Waals surface area (Å²) >= 11 is 0. The molecule has 1 atom stereocenters. The number of carbonyl (C=O) groups is 1. The lowest BCUT2D eigenvalue weighted by Crippen LogP contribution is -2.44. The van der Waals surface area contributed by atoms with Gasteiger partial charge in [0.2, 0.25) is 0 Å². The molecule has 0 radical (unpaired) electrons. The van der Waals surface area contributed by atoms with E-state index in [9.17, 15) is 14.7 Å². The third-order valence-electron chi connectivity index (χ3n) is 5.94. The van der Waals surface area contributed by atoms with Gasteiger partial charge in [0.15, 0.2) is 0 Å². The highest BCUT2D eigenvalue weighted by Gasteiger charge is 2.29. The molecule has 33 heavy (non-hydrogen) atoms. The van der Waals surface area contributed by atoms with E-state index < -0.39 is 5.60 Å². The number of hydrogen-bond donors (Lipinski definition) is 1. The van der Waals surface area contributed by atoms with Gasteiger partial charge in [-0.3, -0.25) is 9.36 Å². The second-order valence-electron chi connectivity index (χ2n) is 9.80. The van der Waals surface area contributed by atoms with Crippen LogP contribution in [0.5, 0.6) is 5.75 Å². The molecule has 1 aliphatic rings. The number of fused-ring (bicyclic) bond motifs is 1. The zero-order chi connectivity index (χ0) is 23.8. The van der Waals surface area contributed by atoms with E-state index in [1.165, 1.54) is 6.07 Å². The molecule has 174 valence electrons. The van der Waals surface area contributed by atoms with Gasteiger partial charge in [0.1, 0.15) is 17.2 Å². The van der Waals surface area contributed by atoms with E-state index in [2.05, 4.69) is 0 Å². The number of aromatic nitrogens is 2. The average Bonchev–Trinajstić information content (AvgIpc) is 2.75. The molecule has 1 aromatic heterocycles. The number of hydrogen-bond acceptors (Lipinski definition) is 5. The molecule has 0 aliphatic carbocycles. The highest BCUT2D eigenvalue weighted by Crippen LogP contribution is 2.27. The van der Waals surface area contributed by atoms with Gasteiger partial charge in [-0.25, -0.2) is 9.78 Å². The molecule has 0 unspecified atom stereocenters. The number of phenols is 1. The highest BCUT2D eigenvalue weighted by atomic mass is 16.6. The quantitative estimate of drug-likeness (QED) is 0.625. The monoisotopic (exact) mass is 449 g/mol. The van der Waals surface area contributed by atoms with Crippen LogP contribution in [0.25, 0.3) is 22.3 Å². The van der Waals surface area contributed by atoms with Crippen LogP contribution in [0, 0.1) is 12.8 Å². The van der Waals surface area contributed by atoms with Gasteiger partial charge in [-0.2, -0.15) is 0 Å². The molecule has 3 aromatic rings. The van der Waals surface area contributed by atoms with E-state index >= 15 is 0 Å². The van der Waals surface area contributed by atoms with Crippen molar-refractivity contribution in [2.24, 2.45) is 5.92 Å². The zero-order valence-electron chi connectivity index (χ0n) is 19.7. The molecule has 1 aliphatic heterocycles. The van der Waals surface area contributed by atoms with Crippen LogP contribution in [0.15, 0.2) is 47.3 Å². The number of benzene rings is 2. The highest BCUT2D eigenvalue weighted by molar-refractivity contribution is 5.81. The minimum Gasteiger partial charge on any atom is -0.508 e. The van der Waals surface area contributed by atoms with Crippen molar-refractivity contribution in [3.63, 3.8) is 0 Å². The Morgan fingerprint density at radius 1 is 1.21 bits per heavy atom. The molecule has 0 bridgehead atoms. The topological polar surface area (TPSA) is 84.7 Å². The van der Waals surface area contributed by atoms with E-state index in [4.69, 9.17) is 9.72 Å². The lowest BCUT2D eigenvalue weighted by Gasteiger charge is -2.34. The second-order valence-corrected chi connectivity index (χ2v) is 9.80. The fourth-order valence-corrected chi connectivity index (χ4v) is 4.37. The Hall–Kier alpha value is -3.35. The molecule has 0 spiro atoms. The van der Waals surface area contributed by atoms with Crippen LogP contribution in [-0.4, -0.2) is 44.3 Å². The number of likely N-dealkylation sites (tertiary alicyclic amines) is 1. The summed E-state index contributed by atoms with van der Waals surface area (Å²) in [5.41, 5.74) is 1.72. The summed E-state index contributed by atoms with van der Waals surface area (Å²) in [5, 5.41) is 10.3. The van der Waals surface area contributed by atoms with E-state index in [-0.39, 0.29) is 23.3 Å². The van der Waals surface area contributed by atoms with Gasteiger partial charge in [0.05, 0.1) is 10.9 Å². The number of carbonyl (C=O) groups excluding carboxylic acids is 1. The molecule has 7 nitrogen and oxygen atoms in total. The zero-order valence-corrected chi connectivity index (χ0v) is 19.7. The molecule has 1 amide bonds. The maximum atomic E-state index is 13.6. The maximum Gasteiger partial charge on any atom is 0.410 e. The Kier molecular flexibility index (Phi) is 6.15. The average molecular weight is 450 g/mol. The molecule has 1 N–H and O–H groups in total. The van der Waals surface area contributed by atoms with Gasteiger partial charge < -0.3 is 14.7 Å². The first kappa shape index (κ1) is 22.8. The summed E-state index contributed by atoms with van der Waals surface area (Å²) < 4.78 is 7.26. The number of aryl methyl sites for hydroxylation is 1. The Morgan fingerprint density at radius 3 is 2.70 bits per heavy atom. The number of ether oxygens (including phenoxy) is 1. The summed E-state index contributed by atoms with van der Waals surface area (Å²) in [6.45, 7) is 9.17. The Bertz CT molecular complexity index is 1240. The van der Waals surface area contributed by atoms with Gasteiger partial charge >= 0.3 is 6.09 Å². The Balaban J connectivity index is 1.73. The van der Waals surface area contributed by atoms with E-state index in [1.807, 2.05) is 52.0 Å². The fourth-order valence-electron chi connectivity index (χ4n) is 4.37. The van der Waals surface area contributed by atoms with Crippen molar-refractivity contribution in [1.29, 1.82) is 0 Å². The van der Waals surface area contributed by atoms with Crippen molar-refractivity contribution in [1.82, 2.24) is 14.5 Å². The molecular weight excluding hydrogens is 418 g/mol. The number of piperidine rings is 1. The van der Waals surface area contributed by atoms with Crippen LogP contribution in [0.3, 0.4) is 0 Å². The second kappa shape index (κ2) is 8.89. The minimum absolute atomic E-state index is 0.0327. The van der Waals surface area contributed by atoms with Crippen LogP contribution in [0.4, 0.5) is 4.79 Å². The predicted molar refractivity (Wildman–Crippen MR) is 128 cm³/mol. The molecule has 1 saturated heterocycles. The first-order chi connectivity index (χ1) is 15.6. The molecule has 1 fully saturated rings. The van der Waals surface area contributed by atoms with Crippen LogP contribution < -0.4 is 5.56 Å². The SMILES string of the molecule is Cc1ccccc1-c1nc2ccc(O)cc2c(=O)n1C[C@H]1CCCN(C(=O)OC(C)(C)C)C1. The van der Waals surface area contributed by atoms with Gasteiger partial charge in [-0.15, -0.1) is 0 Å². The lowest BCUT2D eigenvalue weighted by molar-refractivity contribution is 0.0157. The molecule has 4 rings (SSSR count). The van der Waals surface area contributed by atoms with Crippen molar-refractivity contribution in [3.8, 4) is 17.1 Å². The Labute approximate surface area is 193 Å². The number of phenolic OH excluding ortho intramolecular Hbond substituents is 1. The third-order valence-corrected chi connectivity index (χ3v) is 5.94. The smallest absolute Gasteiger partial charge is 0.410 e. The molecule has 0 saturated carbocycles. The molecule has 7 heteroatoms. The summed E-state index contributed by atoms with van der Waals surface area (Å²) in [6.07, 6.45) is 1.43. The van der Waals surface area contributed by atoms with Crippen LogP contribution in [-0.2, 0) is 11.3 Å². The van der Waals surface area contributed by atoms with Crippen LogP contribution in [0.2, 0.25) is 0 Å². The summed E-state index contributed by atoms with van der Waals surface area (Å²) in [6, 6.07) is 12.5. The van der Waals surface area contributed by atoms with Crippen molar-refractivity contribution in [2.75, 3.05) is 13.1 Å². The minimum atomic E-state index is -0.552. The van der Waals surface area contributed by atoms with E-state index in [0.29, 0.717) is 36.4 Å². The normalized spacial score (nSPS) is 16.7. The number of rotatable bonds is 3. The lowest BCUT2D eigenvalue weighted by atomic mass is 9.97. The van der Waals surface area contributed by atoms with Gasteiger partial charge in [0.25, 0.3) is 5.56 Å². The van der Waals surface area contributed by atoms with Crippen molar-refractivity contribution in [3.05, 3.63) is 58.4 Å². The molecule has 2 heterocycles. The number of aromatic hydroxyl groups is 1. The first-order valence-electron chi connectivity index (χ1n) is 11.4. The standard InChI is InChI=1S/C26H31N3O4/c1-17-8-5-6-10-20(17)23-27-22-12-11-19(30)14-21(22)24(31)29(23)16-18-9-7-13-28(15-18)25(32)33-26(2,3)4/h5-6,8,10-12,14,18,30H,7,9,13,15-16H2,1-4H3/t18-/m0/s1. The Morgan fingerprint density at radius 2 is 1.97 bits per heavy atom. The van der Waals surface area contributed by atoms with Crippen molar-refractivity contribution < 1.29 is 14.6 Å². The van der Waals surface area contributed by atoms with Gasteiger partial charge in [0, 0.05) is 25.2 Å². The van der Waals surface area contributed by atoms with Gasteiger partial charge in [-0.1, -0.05) is 24.3 Å². The van der Waals surface area contributed by atoms with E-state index in [0.717, 1.165) is 24.0 Å². The van der Waals surface area contributed by atoms with Gasteiger partial charge in [-0.05, 0) is 70.2 Å². The fraction of sp³-hybridized carbons (Fsp3) is 0.423. The predicted octanol–water partition coefficient (Wildman–Crippen LogP) is 4.72. The summed E-state index contributed by atoms with van der Waals surface area (Å²) in [7, 11) is 0. The maximum absolute atomic E-state index is 13.6. The van der Waals surface area contributed by atoms with Crippen LogP contribution >= 0.6 is 0 Å². The number of amides is 1. The largest absolute Gasteiger partial charge is 0.508 e. The number of nitrogens with zero attached hydrogens (tertiary/aromatic N) is 3. The molecule has 2 aromatic carbocycles. The van der Waals surface area contributed by atoms with Crippen LogP contribution in [0.1, 0.15) is 39.2 Å². The summed E-state index contributed by atoms with van der Waals surface area (Å²) in [4.78, 5) is 32.7. The summed E-state index contributed by atoms with van der Waals surface area (Å²) in [5.74, 6) is 0.722. The first-order valence-corrected chi connectivity index (χ1v) is 11.4.